The number of hydrogen-bond acceptors (Lipinski definition) is 2. The summed E-state index contributed by atoms with van der Waals surface area (Å²) in [5.74, 6) is 0.955. The van der Waals surface area contributed by atoms with Crippen molar-refractivity contribution >= 4 is 0 Å². The molecule has 0 aliphatic heterocycles. The lowest BCUT2D eigenvalue weighted by molar-refractivity contribution is 0.262. The normalized spacial score (nSPS) is 12.2. The van der Waals surface area contributed by atoms with Gasteiger partial charge >= 0.3 is 0 Å². The average molecular weight is 256 g/mol. The lowest BCUT2D eigenvalue weighted by Crippen LogP contribution is -2.04. The minimum Gasteiger partial charge on any atom is -0.489 e. The minimum absolute atomic E-state index is 0.0892. The fourth-order valence-electron chi connectivity index (χ4n) is 2.01. The molecule has 0 saturated carbocycles. The predicted molar refractivity (Wildman–Crippen MR) is 77.5 cm³/mol. The fraction of sp³-hybridized carbons (Fsp3) is 0.294. The Kier molecular flexibility index (Phi) is 4.58. The maximum absolute atomic E-state index is 9.31. The molecule has 100 valence electrons. The molecule has 0 aliphatic carbocycles. The summed E-state index contributed by atoms with van der Waals surface area (Å²) >= 11 is 0. The zero-order valence-electron chi connectivity index (χ0n) is 11.5. The van der Waals surface area contributed by atoms with Crippen LogP contribution >= 0.6 is 0 Å². The monoisotopic (exact) mass is 256 g/mol. The first-order valence-corrected chi connectivity index (χ1v) is 6.59. The molecule has 0 aliphatic rings. The van der Waals surface area contributed by atoms with Crippen LogP contribution in [0.5, 0.6) is 5.75 Å². The van der Waals surface area contributed by atoms with E-state index in [9.17, 15) is 5.11 Å². The zero-order valence-corrected chi connectivity index (χ0v) is 11.5. The molecule has 0 fully saturated rings. The third kappa shape index (κ3) is 3.58. The molecule has 2 aromatic carbocycles. The predicted octanol–water partition coefficient (Wildman–Crippen LogP) is 3.67. The molecule has 1 atom stereocenters. The Hall–Kier alpha value is -1.80. The smallest absolute Gasteiger partial charge is 0.123 e. The van der Waals surface area contributed by atoms with E-state index in [0.29, 0.717) is 6.61 Å². The molecule has 0 aromatic heterocycles. The van der Waals surface area contributed by atoms with Gasteiger partial charge in [0, 0.05) is 12.5 Å². The molecule has 1 unspecified atom stereocenters. The number of aliphatic hydroxyl groups is 1. The van der Waals surface area contributed by atoms with E-state index in [1.54, 1.807) is 0 Å². The maximum Gasteiger partial charge on any atom is 0.123 e. The largest absolute Gasteiger partial charge is 0.489 e. The van der Waals surface area contributed by atoms with Crippen LogP contribution in [0.1, 0.15) is 29.5 Å². The highest BCUT2D eigenvalue weighted by molar-refractivity contribution is 5.39. The van der Waals surface area contributed by atoms with Crippen LogP contribution in [0.15, 0.2) is 48.5 Å². The fourth-order valence-corrected chi connectivity index (χ4v) is 2.01. The van der Waals surface area contributed by atoms with Gasteiger partial charge in [-0.1, -0.05) is 49.4 Å². The van der Waals surface area contributed by atoms with Gasteiger partial charge < -0.3 is 9.84 Å². The van der Waals surface area contributed by atoms with Gasteiger partial charge in [-0.2, -0.15) is 0 Å². The highest BCUT2D eigenvalue weighted by Crippen LogP contribution is 2.28. The van der Waals surface area contributed by atoms with Crippen molar-refractivity contribution in [2.75, 3.05) is 6.61 Å². The number of benzene rings is 2. The standard InChI is InChI=1S/C17H20O2/c1-13-8-9-16(14(2)11-18)17(10-13)19-12-15-6-4-3-5-7-15/h3-10,14,18H,11-12H2,1-2H3. The minimum atomic E-state index is 0.0892. The van der Waals surface area contributed by atoms with E-state index in [0.717, 1.165) is 22.4 Å². The van der Waals surface area contributed by atoms with E-state index >= 15 is 0 Å². The van der Waals surface area contributed by atoms with E-state index in [4.69, 9.17) is 4.74 Å². The molecule has 2 heteroatoms. The average Bonchev–Trinajstić information content (AvgIpc) is 2.45. The van der Waals surface area contributed by atoms with Crippen LogP contribution in [0.25, 0.3) is 0 Å². The molecular formula is C17H20O2. The molecule has 2 aromatic rings. The van der Waals surface area contributed by atoms with Crippen LogP contribution in [0.4, 0.5) is 0 Å². The van der Waals surface area contributed by atoms with Crippen LogP contribution in [0.3, 0.4) is 0 Å². The van der Waals surface area contributed by atoms with E-state index in [1.807, 2.05) is 56.3 Å². The van der Waals surface area contributed by atoms with Crippen LogP contribution < -0.4 is 4.74 Å². The van der Waals surface area contributed by atoms with Crippen molar-refractivity contribution in [2.45, 2.75) is 26.4 Å². The van der Waals surface area contributed by atoms with Gasteiger partial charge in [0.25, 0.3) is 0 Å². The summed E-state index contributed by atoms with van der Waals surface area (Å²) in [4.78, 5) is 0. The summed E-state index contributed by atoms with van der Waals surface area (Å²) in [6.07, 6.45) is 0. The van der Waals surface area contributed by atoms with Crippen molar-refractivity contribution in [3.63, 3.8) is 0 Å². The number of aliphatic hydroxyl groups excluding tert-OH is 1. The summed E-state index contributed by atoms with van der Waals surface area (Å²) in [5, 5.41) is 9.31. The van der Waals surface area contributed by atoms with Crippen LogP contribution in [0, 0.1) is 6.92 Å². The van der Waals surface area contributed by atoms with Gasteiger partial charge in [0.15, 0.2) is 0 Å². The SMILES string of the molecule is Cc1ccc(C(C)CO)c(OCc2ccccc2)c1. The molecule has 0 heterocycles. The topological polar surface area (TPSA) is 29.5 Å². The Morgan fingerprint density at radius 1 is 1.11 bits per heavy atom. The molecule has 0 saturated heterocycles. The van der Waals surface area contributed by atoms with Crippen molar-refractivity contribution in [3.8, 4) is 5.75 Å². The Balaban J connectivity index is 2.16. The number of ether oxygens (including phenoxy) is 1. The molecule has 0 spiro atoms. The van der Waals surface area contributed by atoms with Crippen molar-refractivity contribution in [1.29, 1.82) is 0 Å². The second-order valence-electron chi connectivity index (χ2n) is 4.90. The van der Waals surface area contributed by atoms with Crippen LogP contribution in [0.2, 0.25) is 0 Å². The Morgan fingerprint density at radius 2 is 1.84 bits per heavy atom. The summed E-state index contributed by atoms with van der Waals surface area (Å²) in [6, 6.07) is 16.2. The molecule has 0 bridgehead atoms. The van der Waals surface area contributed by atoms with Crippen LogP contribution in [-0.4, -0.2) is 11.7 Å². The molecule has 0 radical (unpaired) electrons. The van der Waals surface area contributed by atoms with Gasteiger partial charge in [-0.25, -0.2) is 0 Å². The highest BCUT2D eigenvalue weighted by Gasteiger charge is 2.11. The Morgan fingerprint density at radius 3 is 2.53 bits per heavy atom. The van der Waals surface area contributed by atoms with Crippen molar-refractivity contribution in [1.82, 2.24) is 0 Å². The molecule has 1 N–H and O–H groups in total. The summed E-state index contributed by atoms with van der Waals surface area (Å²) in [5.41, 5.74) is 3.37. The molecular weight excluding hydrogens is 236 g/mol. The summed E-state index contributed by atoms with van der Waals surface area (Å²) in [7, 11) is 0. The van der Waals surface area contributed by atoms with Crippen molar-refractivity contribution in [3.05, 3.63) is 65.2 Å². The van der Waals surface area contributed by atoms with E-state index in [1.165, 1.54) is 0 Å². The lowest BCUT2D eigenvalue weighted by atomic mass is 9.99. The highest BCUT2D eigenvalue weighted by atomic mass is 16.5. The lowest BCUT2D eigenvalue weighted by Gasteiger charge is -2.16. The van der Waals surface area contributed by atoms with E-state index in [-0.39, 0.29) is 12.5 Å². The number of hydrogen-bond donors (Lipinski definition) is 1. The number of aryl methyl sites for hydroxylation is 1. The maximum atomic E-state index is 9.31. The van der Waals surface area contributed by atoms with E-state index in [2.05, 4.69) is 6.07 Å². The van der Waals surface area contributed by atoms with Crippen molar-refractivity contribution < 1.29 is 9.84 Å². The molecule has 2 nitrogen and oxygen atoms in total. The van der Waals surface area contributed by atoms with Gasteiger partial charge in [-0.15, -0.1) is 0 Å². The van der Waals surface area contributed by atoms with Crippen LogP contribution in [-0.2, 0) is 6.61 Å². The summed E-state index contributed by atoms with van der Waals surface area (Å²) in [6.45, 7) is 4.73. The molecule has 2 rings (SSSR count). The Labute approximate surface area is 114 Å². The first-order valence-electron chi connectivity index (χ1n) is 6.59. The summed E-state index contributed by atoms with van der Waals surface area (Å²) < 4.78 is 5.92. The quantitative estimate of drug-likeness (QED) is 0.884. The zero-order chi connectivity index (χ0) is 13.7. The van der Waals surface area contributed by atoms with Gasteiger partial charge in [-0.05, 0) is 29.7 Å². The number of rotatable bonds is 5. The third-order valence-corrected chi connectivity index (χ3v) is 3.21. The van der Waals surface area contributed by atoms with Gasteiger partial charge in [-0.3, -0.25) is 0 Å². The third-order valence-electron chi connectivity index (χ3n) is 3.21. The molecule has 19 heavy (non-hydrogen) atoms. The van der Waals surface area contributed by atoms with Gasteiger partial charge in [0.2, 0.25) is 0 Å². The van der Waals surface area contributed by atoms with Crippen molar-refractivity contribution in [2.24, 2.45) is 0 Å². The van der Waals surface area contributed by atoms with Gasteiger partial charge in [0.1, 0.15) is 12.4 Å². The molecule has 0 amide bonds. The van der Waals surface area contributed by atoms with E-state index < -0.39 is 0 Å². The Bertz CT molecular complexity index is 520. The second-order valence-corrected chi connectivity index (χ2v) is 4.90. The first kappa shape index (κ1) is 13.6. The second kappa shape index (κ2) is 6.39. The van der Waals surface area contributed by atoms with Gasteiger partial charge in [0.05, 0.1) is 0 Å². The first-order chi connectivity index (χ1) is 9.20.